The molecule has 4 nitrogen and oxygen atoms in total. The van der Waals surface area contributed by atoms with Gasteiger partial charge < -0.3 is 5.11 Å². The van der Waals surface area contributed by atoms with E-state index >= 15 is 0 Å². The Labute approximate surface area is 113 Å². The van der Waals surface area contributed by atoms with Crippen LogP contribution in [-0.4, -0.2) is 31.9 Å². The Bertz CT molecular complexity index is 457. The van der Waals surface area contributed by atoms with Gasteiger partial charge in [0.25, 0.3) is 0 Å². The molecule has 0 heterocycles. The van der Waals surface area contributed by atoms with Crippen LogP contribution in [0.3, 0.4) is 0 Å². The lowest BCUT2D eigenvalue weighted by atomic mass is 10.4. The van der Waals surface area contributed by atoms with Crippen molar-refractivity contribution in [2.75, 3.05) is 13.2 Å². The Balaban J connectivity index is 2.76. The average Bonchev–Trinajstić information content (AvgIpc) is 2.37. The van der Waals surface area contributed by atoms with Crippen LogP contribution >= 0.6 is 11.8 Å². The lowest BCUT2D eigenvalue weighted by Gasteiger charge is -2.09. The molecule has 0 aromatic heterocycles. The lowest BCUT2D eigenvalue weighted by molar-refractivity contribution is 0.300. The van der Waals surface area contributed by atoms with Gasteiger partial charge in [-0.25, -0.2) is 13.1 Å². The summed E-state index contributed by atoms with van der Waals surface area (Å²) in [4.78, 5) is 1.22. The van der Waals surface area contributed by atoms with Crippen molar-refractivity contribution in [3.63, 3.8) is 0 Å². The van der Waals surface area contributed by atoms with Crippen LogP contribution < -0.4 is 4.72 Å². The van der Waals surface area contributed by atoms with E-state index < -0.39 is 10.0 Å². The van der Waals surface area contributed by atoms with Crippen molar-refractivity contribution in [1.82, 2.24) is 4.72 Å². The standard InChI is InChI=1S/C12H19NO3S2/c1-3-8-13-18(15,16)12-6-4-11(5-7-12)17-10(2)9-14/h4-7,10,13-14H,3,8-9H2,1-2H3. The van der Waals surface area contributed by atoms with Crippen molar-refractivity contribution in [2.45, 2.75) is 35.3 Å². The topological polar surface area (TPSA) is 66.4 Å². The van der Waals surface area contributed by atoms with Crippen LogP contribution in [0.1, 0.15) is 20.3 Å². The van der Waals surface area contributed by atoms with Gasteiger partial charge in [0.1, 0.15) is 0 Å². The molecule has 1 aromatic rings. The average molecular weight is 289 g/mol. The summed E-state index contributed by atoms with van der Waals surface area (Å²) in [6, 6.07) is 6.70. The molecule has 0 fully saturated rings. The number of hydrogen-bond donors (Lipinski definition) is 2. The van der Waals surface area contributed by atoms with Crippen LogP contribution in [0.5, 0.6) is 0 Å². The summed E-state index contributed by atoms with van der Waals surface area (Å²) in [7, 11) is -3.38. The van der Waals surface area contributed by atoms with Gasteiger partial charge in [-0.05, 0) is 30.7 Å². The minimum atomic E-state index is -3.38. The third kappa shape index (κ3) is 4.61. The maximum Gasteiger partial charge on any atom is 0.240 e. The highest BCUT2D eigenvalue weighted by Gasteiger charge is 2.12. The molecule has 0 amide bonds. The monoisotopic (exact) mass is 289 g/mol. The zero-order chi connectivity index (χ0) is 13.6. The fraction of sp³-hybridized carbons (Fsp3) is 0.500. The van der Waals surface area contributed by atoms with Gasteiger partial charge in [-0.15, -0.1) is 11.8 Å². The van der Waals surface area contributed by atoms with Gasteiger partial charge in [0.15, 0.2) is 0 Å². The van der Waals surface area contributed by atoms with Gasteiger partial charge in [-0.3, -0.25) is 0 Å². The van der Waals surface area contributed by atoms with Crippen molar-refractivity contribution in [3.05, 3.63) is 24.3 Å². The SMILES string of the molecule is CCCNS(=O)(=O)c1ccc(SC(C)CO)cc1. The summed E-state index contributed by atoms with van der Waals surface area (Å²) >= 11 is 1.52. The highest BCUT2D eigenvalue weighted by Crippen LogP contribution is 2.24. The minimum Gasteiger partial charge on any atom is -0.395 e. The van der Waals surface area contributed by atoms with Gasteiger partial charge in [0.05, 0.1) is 11.5 Å². The number of sulfonamides is 1. The van der Waals surface area contributed by atoms with Crippen LogP contribution in [0.15, 0.2) is 34.1 Å². The molecule has 1 unspecified atom stereocenters. The molecule has 0 aliphatic heterocycles. The van der Waals surface area contributed by atoms with Gasteiger partial charge in [-0.1, -0.05) is 13.8 Å². The molecular weight excluding hydrogens is 270 g/mol. The summed E-state index contributed by atoms with van der Waals surface area (Å²) in [5.41, 5.74) is 0. The molecule has 1 atom stereocenters. The second-order valence-corrected chi connectivity index (χ2v) is 7.26. The van der Waals surface area contributed by atoms with Gasteiger partial charge >= 0.3 is 0 Å². The first-order valence-corrected chi connectivity index (χ1v) is 8.23. The molecule has 1 aromatic carbocycles. The van der Waals surface area contributed by atoms with Crippen molar-refractivity contribution in [1.29, 1.82) is 0 Å². The molecule has 0 bridgehead atoms. The van der Waals surface area contributed by atoms with E-state index in [0.717, 1.165) is 11.3 Å². The highest BCUT2D eigenvalue weighted by atomic mass is 32.2. The van der Waals surface area contributed by atoms with Crippen LogP contribution in [0.4, 0.5) is 0 Å². The molecule has 0 spiro atoms. The van der Waals surface area contributed by atoms with Gasteiger partial charge in [-0.2, -0.15) is 0 Å². The van der Waals surface area contributed by atoms with Crippen LogP contribution in [-0.2, 0) is 10.0 Å². The number of hydrogen-bond acceptors (Lipinski definition) is 4. The van der Waals surface area contributed by atoms with E-state index in [4.69, 9.17) is 5.11 Å². The second-order valence-electron chi connectivity index (χ2n) is 3.98. The molecule has 1 rings (SSSR count). The van der Waals surface area contributed by atoms with E-state index in [2.05, 4.69) is 4.72 Å². The summed E-state index contributed by atoms with van der Waals surface area (Å²) in [5.74, 6) is 0. The Morgan fingerprint density at radius 1 is 1.33 bits per heavy atom. The zero-order valence-electron chi connectivity index (χ0n) is 10.6. The van der Waals surface area contributed by atoms with E-state index in [9.17, 15) is 8.42 Å². The Kier molecular flexibility index (Phi) is 6.14. The van der Waals surface area contributed by atoms with Crippen molar-refractivity contribution in [2.24, 2.45) is 0 Å². The summed E-state index contributed by atoms with van der Waals surface area (Å²) in [6.07, 6.45) is 0.765. The fourth-order valence-corrected chi connectivity index (χ4v) is 3.25. The van der Waals surface area contributed by atoms with Crippen LogP contribution in [0, 0.1) is 0 Å². The van der Waals surface area contributed by atoms with Crippen molar-refractivity contribution >= 4 is 21.8 Å². The first kappa shape index (κ1) is 15.5. The van der Waals surface area contributed by atoms with Gasteiger partial charge in [0.2, 0.25) is 10.0 Å². The molecule has 0 radical (unpaired) electrons. The third-order valence-electron chi connectivity index (χ3n) is 2.27. The molecule has 0 saturated heterocycles. The van der Waals surface area contributed by atoms with E-state index in [1.165, 1.54) is 11.8 Å². The summed E-state index contributed by atoms with van der Waals surface area (Å²) in [5, 5.41) is 9.05. The minimum absolute atomic E-state index is 0.1000. The number of aliphatic hydroxyl groups is 1. The molecule has 0 aliphatic carbocycles. The lowest BCUT2D eigenvalue weighted by Crippen LogP contribution is -2.24. The van der Waals surface area contributed by atoms with E-state index in [1.807, 2.05) is 13.8 Å². The summed E-state index contributed by atoms with van der Waals surface area (Å²) in [6.45, 7) is 4.37. The van der Waals surface area contributed by atoms with E-state index in [0.29, 0.717) is 6.54 Å². The van der Waals surface area contributed by atoms with Crippen molar-refractivity contribution < 1.29 is 13.5 Å². The Hall–Kier alpha value is -0.560. The van der Waals surface area contributed by atoms with Crippen LogP contribution in [0.2, 0.25) is 0 Å². The summed E-state index contributed by atoms with van der Waals surface area (Å²) < 4.78 is 26.2. The van der Waals surface area contributed by atoms with E-state index in [-0.39, 0.29) is 16.8 Å². The first-order valence-electron chi connectivity index (χ1n) is 5.87. The Morgan fingerprint density at radius 2 is 1.94 bits per heavy atom. The number of aliphatic hydroxyl groups excluding tert-OH is 1. The molecule has 18 heavy (non-hydrogen) atoms. The number of thioether (sulfide) groups is 1. The fourth-order valence-electron chi connectivity index (χ4n) is 1.29. The smallest absolute Gasteiger partial charge is 0.240 e. The quantitative estimate of drug-likeness (QED) is 0.752. The second kappa shape index (κ2) is 7.13. The molecular formula is C12H19NO3S2. The first-order chi connectivity index (χ1) is 8.49. The third-order valence-corrected chi connectivity index (χ3v) is 4.84. The Morgan fingerprint density at radius 3 is 2.44 bits per heavy atom. The highest BCUT2D eigenvalue weighted by molar-refractivity contribution is 8.00. The number of rotatable bonds is 7. The largest absolute Gasteiger partial charge is 0.395 e. The predicted molar refractivity (Wildman–Crippen MR) is 74.3 cm³/mol. The zero-order valence-corrected chi connectivity index (χ0v) is 12.2. The molecule has 0 aliphatic rings. The predicted octanol–water partition coefficient (Wildman–Crippen LogP) is 1.85. The van der Waals surface area contributed by atoms with E-state index in [1.54, 1.807) is 24.3 Å². The maximum absolute atomic E-state index is 11.8. The maximum atomic E-state index is 11.8. The normalized spacial score (nSPS) is 13.5. The molecule has 6 heteroatoms. The van der Waals surface area contributed by atoms with Crippen molar-refractivity contribution in [3.8, 4) is 0 Å². The number of benzene rings is 1. The van der Waals surface area contributed by atoms with Gasteiger partial charge in [0, 0.05) is 16.7 Å². The molecule has 0 saturated carbocycles. The molecule has 102 valence electrons. The van der Waals surface area contributed by atoms with Crippen LogP contribution in [0.25, 0.3) is 0 Å². The molecule has 2 N–H and O–H groups in total. The number of nitrogens with one attached hydrogen (secondary N) is 1.